The van der Waals surface area contributed by atoms with Crippen LogP contribution < -0.4 is 0 Å². The molecule has 1 aromatic carbocycles. The van der Waals surface area contributed by atoms with Crippen LogP contribution in [0.5, 0.6) is 0 Å². The zero-order chi connectivity index (χ0) is 17.1. The van der Waals surface area contributed by atoms with Crippen molar-refractivity contribution in [2.24, 2.45) is 0 Å². The zero-order valence-corrected chi connectivity index (χ0v) is 14.4. The molecule has 1 aliphatic rings. The number of carbonyl (C=O) groups excluding carboxylic acids is 1. The van der Waals surface area contributed by atoms with Crippen LogP contribution in [0.2, 0.25) is 0 Å². The molecule has 1 unspecified atom stereocenters. The number of piperidine rings is 1. The van der Waals surface area contributed by atoms with Crippen molar-refractivity contribution in [2.45, 2.75) is 38.2 Å². The van der Waals surface area contributed by atoms with Crippen molar-refractivity contribution in [3.63, 3.8) is 0 Å². The molecule has 0 bridgehead atoms. The molecule has 1 aromatic heterocycles. The van der Waals surface area contributed by atoms with Gasteiger partial charge in [-0.25, -0.2) is 9.37 Å². The summed E-state index contributed by atoms with van der Waals surface area (Å²) in [6.07, 6.45) is 0.820. The molecule has 1 N–H and O–H groups in total. The predicted octanol–water partition coefficient (Wildman–Crippen LogP) is 3.42. The third kappa shape index (κ3) is 3.99. The van der Waals surface area contributed by atoms with Crippen molar-refractivity contribution in [1.82, 2.24) is 9.88 Å². The van der Waals surface area contributed by atoms with Gasteiger partial charge in [-0.2, -0.15) is 0 Å². The van der Waals surface area contributed by atoms with E-state index in [4.69, 9.17) is 0 Å². The Morgan fingerprint density at radius 1 is 1.46 bits per heavy atom. The first-order valence-electron chi connectivity index (χ1n) is 8.16. The third-order valence-electron chi connectivity index (χ3n) is 4.44. The van der Waals surface area contributed by atoms with Gasteiger partial charge >= 0.3 is 0 Å². The van der Waals surface area contributed by atoms with Crippen LogP contribution in [0.4, 0.5) is 4.39 Å². The van der Waals surface area contributed by atoms with E-state index in [0.717, 1.165) is 23.5 Å². The van der Waals surface area contributed by atoms with Gasteiger partial charge in [0, 0.05) is 30.1 Å². The lowest BCUT2D eigenvalue weighted by Gasteiger charge is -2.31. The average molecular weight is 348 g/mol. The highest BCUT2D eigenvalue weighted by molar-refractivity contribution is 7.09. The molecule has 1 aliphatic heterocycles. The van der Waals surface area contributed by atoms with Crippen LogP contribution >= 0.6 is 11.3 Å². The maximum Gasteiger partial charge on any atom is 0.225 e. The van der Waals surface area contributed by atoms with E-state index in [1.165, 1.54) is 12.1 Å². The number of nitrogens with zero attached hydrogens (tertiary/aromatic N) is 2. The molecule has 0 radical (unpaired) electrons. The summed E-state index contributed by atoms with van der Waals surface area (Å²) in [5, 5.41) is 13.4. The molecule has 3 rings (SSSR count). The van der Waals surface area contributed by atoms with Crippen molar-refractivity contribution in [3.8, 4) is 0 Å². The average Bonchev–Trinajstić information content (AvgIpc) is 3.01. The largest absolute Gasteiger partial charge is 0.388 e. The summed E-state index contributed by atoms with van der Waals surface area (Å²) >= 11 is 1.68. The molecule has 2 aromatic rings. The first-order chi connectivity index (χ1) is 11.5. The fourth-order valence-corrected chi connectivity index (χ4v) is 4.03. The van der Waals surface area contributed by atoms with Crippen molar-refractivity contribution >= 4 is 17.2 Å². The lowest BCUT2D eigenvalue weighted by molar-refractivity contribution is -0.134. The highest BCUT2D eigenvalue weighted by atomic mass is 32.1. The number of benzene rings is 1. The quantitative estimate of drug-likeness (QED) is 0.921. The van der Waals surface area contributed by atoms with Crippen LogP contribution in [0.3, 0.4) is 0 Å². The molecule has 2 heterocycles. The molecule has 128 valence electrons. The SMILES string of the molecule is Cc1csc(C2CCN(C(=O)CC(O)c3cccc(F)c3)CC2)n1. The van der Waals surface area contributed by atoms with Crippen LogP contribution in [0.1, 0.15) is 47.5 Å². The number of rotatable bonds is 4. The van der Waals surface area contributed by atoms with Gasteiger partial charge in [-0.1, -0.05) is 12.1 Å². The summed E-state index contributed by atoms with van der Waals surface area (Å²) < 4.78 is 13.2. The first kappa shape index (κ1) is 17.0. The predicted molar refractivity (Wildman–Crippen MR) is 91.4 cm³/mol. The topological polar surface area (TPSA) is 53.4 Å². The minimum Gasteiger partial charge on any atom is -0.388 e. The number of aliphatic hydroxyl groups excluding tert-OH is 1. The fraction of sp³-hybridized carbons (Fsp3) is 0.444. The van der Waals surface area contributed by atoms with E-state index in [1.54, 1.807) is 28.4 Å². The summed E-state index contributed by atoms with van der Waals surface area (Å²) in [5.74, 6) is -0.0695. The van der Waals surface area contributed by atoms with Crippen LogP contribution in [0, 0.1) is 12.7 Å². The smallest absolute Gasteiger partial charge is 0.225 e. The van der Waals surface area contributed by atoms with Crippen molar-refractivity contribution < 1.29 is 14.3 Å². The minimum absolute atomic E-state index is 0.00944. The van der Waals surface area contributed by atoms with E-state index >= 15 is 0 Å². The van der Waals surface area contributed by atoms with Gasteiger partial charge in [-0.05, 0) is 37.5 Å². The number of hydrogen-bond donors (Lipinski definition) is 1. The van der Waals surface area contributed by atoms with Crippen molar-refractivity contribution in [1.29, 1.82) is 0 Å². The van der Waals surface area contributed by atoms with Crippen molar-refractivity contribution in [2.75, 3.05) is 13.1 Å². The van der Waals surface area contributed by atoms with E-state index in [1.807, 2.05) is 6.92 Å². The Bertz CT molecular complexity index is 711. The third-order valence-corrected chi connectivity index (χ3v) is 5.56. The Morgan fingerprint density at radius 3 is 2.83 bits per heavy atom. The van der Waals surface area contributed by atoms with E-state index in [2.05, 4.69) is 10.4 Å². The minimum atomic E-state index is -0.965. The van der Waals surface area contributed by atoms with Crippen molar-refractivity contribution in [3.05, 3.63) is 51.7 Å². The second-order valence-electron chi connectivity index (χ2n) is 6.26. The first-order valence-corrected chi connectivity index (χ1v) is 9.04. The molecule has 6 heteroatoms. The van der Waals surface area contributed by atoms with Gasteiger partial charge in [0.15, 0.2) is 0 Å². The zero-order valence-electron chi connectivity index (χ0n) is 13.6. The maximum absolute atomic E-state index is 13.2. The molecular formula is C18H21FN2O2S. The van der Waals surface area contributed by atoms with E-state index in [-0.39, 0.29) is 12.3 Å². The summed E-state index contributed by atoms with van der Waals surface area (Å²) in [4.78, 5) is 18.7. The van der Waals surface area contributed by atoms with E-state index in [9.17, 15) is 14.3 Å². The second kappa shape index (κ2) is 7.40. The second-order valence-corrected chi connectivity index (χ2v) is 7.15. The standard InChI is InChI=1S/C18H21FN2O2S/c1-12-11-24-18(20-12)13-5-7-21(8-6-13)17(23)10-16(22)14-3-2-4-15(19)9-14/h2-4,9,11,13,16,22H,5-8,10H2,1H3. The fourth-order valence-electron chi connectivity index (χ4n) is 3.06. The van der Waals surface area contributed by atoms with Gasteiger partial charge in [-0.3, -0.25) is 4.79 Å². The van der Waals surface area contributed by atoms with Gasteiger partial charge in [0.2, 0.25) is 5.91 Å². The lowest BCUT2D eigenvalue weighted by Crippen LogP contribution is -2.38. The number of aromatic nitrogens is 1. The highest BCUT2D eigenvalue weighted by Crippen LogP contribution is 2.31. The number of aryl methyl sites for hydroxylation is 1. The molecule has 4 nitrogen and oxygen atoms in total. The Labute approximate surface area is 145 Å². The summed E-state index contributed by atoms with van der Waals surface area (Å²) in [7, 11) is 0. The molecule has 24 heavy (non-hydrogen) atoms. The molecule has 0 saturated carbocycles. The molecule has 1 amide bonds. The molecule has 1 atom stereocenters. The van der Waals surface area contributed by atoms with Gasteiger partial charge in [0.05, 0.1) is 17.5 Å². The molecule has 0 spiro atoms. The highest BCUT2D eigenvalue weighted by Gasteiger charge is 2.26. The Hall–Kier alpha value is -1.79. The number of amides is 1. The summed E-state index contributed by atoms with van der Waals surface area (Å²) in [5.41, 5.74) is 1.49. The molecule has 1 fully saturated rings. The Balaban J connectivity index is 1.53. The summed E-state index contributed by atoms with van der Waals surface area (Å²) in [6, 6.07) is 5.77. The maximum atomic E-state index is 13.2. The molecule has 1 saturated heterocycles. The molecular weight excluding hydrogens is 327 g/mol. The number of thiazole rings is 1. The van der Waals surface area contributed by atoms with Crippen LogP contribution in [-0.2, 0) is 4.79 Å². The van der Waals surface area contributed by atoms with Crippen LogP contribution in [0.25, 0.3) is 0 Å². The number of hydrogen-bond acceptors (Lipinski definition) is 4. The lowest BCUT2D eigenvalue weighted by atomic mass is 9.96. The normalized spacial score (nSPS) is 17.0. The monoisotopic (exact) mass is 348 g/mol. The number of likely N-dealkylation sites (tertiary alicyclic amines) is 1. The van der Waals surface area contributed by atoms with E-state index in [0.29, 0.717) is 24.6 Å². The molecule has 0 aliphatic carbocycles. The Kier molecular flexibility index (Phi) is 5.26. The number of halogens is 1. The number of aliphatic hydroxyl groups is 1. The van der Waals surface area contributed by atoms with Gasteiger partial charge < -0.3 is 10.0 Å². The van der Waals surface area contributed by atoms with E-state index < -0.39 is 11.9 Å². The summed E-state index contributed by atoms with van der Waals surface area (Å²) in [6.45, 7) is 3.35. The van der Waals surface area contributed by atoms with Gasteiger partial charge in [0.25, 0.3) is 0 Å². The van der Waals surface area contributed by atoms with Gasteiger partial charge in [-0.15, -0.1) is 11.3 Å². The van der Waals surface area contributed by atoms with Gasteiger partial charge in [0.1, 0.15) is 5.82 Å². The van der Waals surface area contributed by atoms with Crippen LogP contribution in [0.15, 0.2) is 29.6 Å². The van der Waals surface area contributed by atoms with Crippen LogP contribution in [-0.4, -0.2) is 34.0 Å². The Morgan fingerprint density at radius 2 is 2.21 bits per heavy atom. The number of carbonyl (C=O) groups is 1.